The van der Waals surface area contributed by atoms with Crippen molar-refractivity contribution in [3.8, 4) is 0 Å². The van der Waals surface area contributed by atoms with Gasteiger partial charge >= 0.3 is 0 Å². The molecule has 16 heavy (non-hydrogen) atoms. The van der Waals surface area contributed by atoms with E-state index in [9.17, 15) is 0 Å². The van der Waals surface area contributed by atoms with Crippen molar-refractivity contribution in [1.29, 1.82) is 0 Å². The van der Waals surface area contributed by atoms with Gasteiger partial charge in [-0.05, 0) is 35.7 Å². The van der Waals surface area contributed by atoms with E-state index in [1.54, 1.807) is 0 Å². The van der Waals surface area contributed by atoms with Gasteiger partial charge in [0.25, 0.3) is 0 Å². The molecule has 0 heterocycles. The SMILES string of the molecule is Cc1cc(Cl)cc(C(N)c2ccccc2)c1. The Morgan fingerprint density at radius 3 is 2.31 bits per heavy atom. The van der Waals surface area contributed by atoms with E-state index >= 15 is 0 Å². The topological polar surface area (TPSA) is 26.0 Å². The molecule has 82 valence electrons. The first-order valence-corrected chi connectivity index (χ1v) is 5.62. The summed E-state index contributed by atoms with van der Waals surface area (Å²) >= 11 is 6.03. The maximum atomic E-state index is 6.20. The molecule has 0 saturated carbocycles. The summed E-state index contributed by atoms with van der Waals surface area (Å²) in [4.78, 5) is 0. The van der Waals surface area contributed by atoms with E-state index in [1.807, 2.05) is 49.4 Å². The first kappa shape index (κ1) is 11.2. The van der Waals surface area contributed by atoms with Crippen molar-refractivity contribution in [2.24, 2.45) is 5.73 Å². The molecule has 0 aliphatic carbocycles. The first-order chi connectivity index (χ1) is 7.66. The maximum Gasteiger partial charge on any atom is 0.0552 e. The van der Waals surface area contributed by atoms with E-state index in [2.05, 4.69) is 6.07 Å². The Morgan fingerprint density at radius 2 is 1.69 bits per heavy atom. The molecule has 0 saturated heterocycles. The van der Waals surface area contributed by atoms with Crippen LogP contribution in [0.3, 0.4) is 0 Å². The predicted octanol–water partition coefficient (Wildman–Crippen LogP) is 3.70. The molecule has 0 amide bonds. The van der Waals surface area contributed by atoms with Gasteiger partial charge in [0.1, 0.15) is 0 Å². The highest BCUT2D eigenvalue weighted by Crippen LogP contribution is 2.23. The summed E-state index contributed by atoms with van der Waals surface area (Å²) in [7, 11) is 0. The standard InChI is InChI=1S/C14H14ClN/c1-10-7-12(9-13(15)8-10)14(16)11-5-3-2-4-6-11/h2-9,14H,16H2,1H3. The second-order valence-corrected chi connectivity index (χ2v) is 4.39. The number of aryl methyl sites for hydroxylation is 1. The highest BCUT2D eigenvalue weighted by Gasteiger charge is 2.09. The Kier molecular flexibility index (Phi) is 3.28. The van der Waals surface area contributed by atoms with Gasteiger partial charge < -0.3 is 5.73 Å². The lowest BCUT2D eigenvalue weighted by Crippen LogP contribution is -2.11. The highest BCUT2D eigenvalue weighted by atomic mass is 35.5. The van der Waals surface area contributed by atoms with Crippen LogP contribution in [-0.4, -0.2) is 0 Å². The van der Waals surface area contributed by atoms with Crippen LogP contribution in [-0.2, 0) is 0 Å². The summed E-state index contributed by atoms with van der Waals surface area (Å²) < 4.78 is 0. The molecule has 1 nitrogen and oxygen atoms in total. The normalized spacial score (nSPS) is 12.4. The lowest BCUT2D eigenvalue weighted by Gasteiger charge is -2.13. The fourth-order valence-electron chi connectivity index (χ4n) is 1.80. The number of benzene rings is 2. The van der Waals surface area contributed by atoms with Crippen LogP contribution in [0.2, 0.25) is 5.02 Å². The van der Waals surface area contributed by atoms with Gasteiger partial charge in [-0.2, -0.15) is 0 Å². The molecule has 0 aromatic heterocycles. The van der Waals surface area contributed by atoms with Crippen molar-refractivity contribution in [1.82, 2.24) is 0 Å². The molecule has 1 atom stereocenters. The number of hydrogen-bond donors (Lipinski definition) is 1. The van der Waals surface area contributed by atoms with Gasteiger partial charge in [0.2, 0.25) is 0 Å². The second-order valence-electron chi connectivity index (χ2n) is 3.95. The monoisotopic (exact) mass is 231 g/mol. The van der Waals surface area contributed by atoms with Crippen LogP contribution in [0, 0.1) is 6.92 Å². The van der Waals surface area contributed by atoms with Crippen LogP contribution in [0.25, 0.3) is 0 Å². The second kappa shape index (κ2) is 4.69. The predicted molar refractivity (Wildman–Crippen MR) is 68.7 cm³/mol. The molecule has 2 rings (SSSR count). The van der Waals surface area contributed by atoms with Gasteiger partial charge in [0.15, 0.2) is 0 Å². The Balaban J connectivity index is 2.37. The molecule has 0 aliphatic heterocycles. The number of rotatable bonds is 2. The maximum absolute atomic E-state index is 6.20. The summed E-state index contributed by atoms with van der Waals surface area (Å²) in [5.74, 6) is 0. The van der Waals surface area contributed by atoms with Crippen molar-refractivity contribution in [3.63, 3.8) is 0 Å². The Bertz CT molecular complexity index is 459. The summed E-state index contributed by atoms with van der Waals surface area (Å²) in [5, 5.41) is 0.737. The van der Waals surface area contributed by atoms with Crippen molar-refractivity contribution >= 4 is 11.6 Å². The zero-order valence-electron chi connectivity index (χ0n) is 9.15. The minimum absolute atomic E-state index is 0.112. The average molecular weight is 232 g/mol. The van der Waals surface area contributed by atoms with Crippen LogP contribution in [0.1, 0.15) is 22.7 Å². The van der Waals surface area contributed by atoms with Crippen LogP contribution in [0.5, 0.6) is 0 Å². The number of halogens is 1. The van der Waals surface area contributed by atoms with Gasteiger partial charge in [-0.3, -0.25) is 0 Å². The molecular weight excluding hydrogens is 218 g/mol. The van der Waals surface area contributed by atoms with Crippen molar-refractivity contribution in [3.05, 3.63) is 70.2 Å². The third kappa shape index (κ3) is 2.43. The molecule has 1 unspecified atom stereocenters. The van der Waals surface area contributed by atoms with E-state index in [4.69, 9.17) is 17.3 Å². The van der Waals surface area contributed by atoms with Gasteiger partial charge in [-0.1, -0.05) is 48.0 Å². The molecule has 2 aromatic carbocycles. The van der Waals surface area contributed by atoms with Gasteiger partial charge in [0.05, 0.1) is 6.04 Å². The minimum Gasteiger partial charge on any atom is -0.320 e. The van der Waals surface area contributed by atoms with Crippen molar-refractivity contribution in [2.45, 2.75) is 13.0 Å². The molecule has 0 fully saturated rings. The van der Waals surface area contributed by atoms with Gasteiger partial charge in [-0.15, -0.1) is 0 Å². The summed E-state index contributed by atoms with van der Waals surface area (Å²) in [6.45, 7) is 2.02. The zero-order chi connectivity index (χ0) is 11.5. The van der Waals surface area contributed by atoms with E-state index in [0.717, 1.165) is 21.7 Å². The molecular formula is C14H14ClN. The minimum atomic E-state index is -0.112. The van der Waals surface area contributed by atoms with E-state index in [0.29, 0.717) is 0 Å². The van der Waals surface area contributed by atoms with E-state index in [-0.39, 0.29) is 6.04 Å². The third-order valence-electron chi connectivity index (χ3n) is 2.58. The van der Waals surface area contributed by atoms with E-state index < -0.39 is 0 Å². The largest absolute Gasteiger partial charge is 0.320 e. The lowest BCUT2D eigenvalue weighted by molar-refractivity contribution is 0.870. The lowest BCUT2D eigenvalue weighted by atomic mass is 9.98. The van der Waals surface area contributed by atoms with Crippen LogP contribution in [0.4, 0.5) is 0 Å². The molecule has 2 N–H and O–H groups in total. The number of hydrogen-bond acceptors (Lipinski definition) is 1. The number of nitrogens with two attached hydrogens (primary N) is 1. The highest BCUT2D eigenvalue weighted by molar-refractivity contribution is 6.30. The fraction of sp³-hybridized carbons (Fsp3) is 0.143. The zero-order valence-corrected chi connectivity index (χ0v) is 9.91. The molecule has 0 aliphatic rings. The smallest absolute Gasteiger partial charge is 0.0552 e. The van der Waals surface area contributed by atoms with Crippen molar-refractivity contribution < 1.29 is 0 Å². The molecule has 0 radical (unpaired) electrons. The summed E-state index contributed by atoms with van der Waals surface area (Å²) in [5.41, 5.74) is 9.48. The molecule has 2 aromatic rings. The van der Waals surface area contributed by atoms with E-state index in [1.165, 1.54) is 0 Å². The molecule has 2 heteroatoms. The van der Waals surface area contributed by atoms with Gasteiger partial charge in [0, 0.05) is 5.02 Å². The Labute approximate surface area is 101 Å². The fourth-order valence-corrected chi connectivity index (χ4v) is 2.10. The first-order valence-electron chi connectivity index (χ1n) is 5.24. The Morgan fingerprint density at radius 1 is 1.00 bits per heavy atom. The summed E-state index contributed by atoms with van der Waals surface area (Å²) in [6.07, 6.45) is 0. The summed E-state index contributed by atoms with van der Waals surface area (Å²) in [6, 6.07) is 15.8. The van der Waals surface area contributed by atoms with Crippen molar-refractivity contribution in [2.75, 3.05) is 0 Å². The average Bonchev–Trinajstić information content (AvgIpc) is 2.28. The molecule has 0 bridgehead atoms. The quantitative estimate of drug-likeness (QED) is 0.838. The van der Waals surface area contributed by atoms with Crippen LogP contribution < -0.4 is 5.73 Å². The molecule has 0 spiro atoms. The third-order valence-corrected chi connectivity index (χ3v) is 2.80. The van der Waals surface area contributed by atoms with Crippen LogP contribution >= 0.6 is 11.6 Å². The van der Waals surface area contributed by atoms with Crippen LogP contribution in [0.15, 0.2) is 48.5 Å². The van der Waals surface area contributed by atoms with Gasteiger partial charge in [-0.25, -0.2) is 0 Å². The Hall–Kier alpha value is -1.31.